The number of nitrogens with two attached hydrogens (primary N) is 1. The molecule has 2 rings (SSSR count). The maximum Gasteiger partial charge on any atom is 0.255 e. The third kappa shape index (κ3) is 2.25. The number of carbonyl (C=O) groups is 1. The summed E-state index contributed by atoms with van der Waals surface area (Å²) in [5.74, 6) is 0.373. The number of halogens is 1. The standard InChI is InChI=1S/C11H14BrN3O/c1-7-5-15(6-10(7)13)11(16)8-2-9(12)4-14-3-8/h2-4,7,10H,5-6,13H2,1H3. The minimum Gasteiger partial charge on any atom is -0.337 e. The summed E-state index contributed by atoms with van der Waals surface area (Å²) < 4.78 is 0.815. The van der Waals surface area contributed by atoms with Crippen LogP contribution >= 0.6 is 15.9 Å². The first-order chi connectivity index (χ1) is 7.58. The minimum atomic E-state index is 0.00796. The van der Waals surface area contributed by atoms with Crippen molar-refractivity contribution in [3.8, 4) is 0 Å². The van der Waals surface area contributed by atoms with Crippen LogP contribution in [0.5, 0.6) is 0 Å². The molecule has 5 heteroatoms. The summed E-state index contributed by atoms with van der Waals surface area (Å²) in [6.07, 6.45) is 3.25. The van der Waals surface area contributed by atoms with Gasteiger partial charge in [-0.05, 0) is 27.9 Å². The van der Waals surface area contributed by atoms with Gasteiger partial charge in [0.05, 0.1) is 5.56 Å². The van der Waals surface area contributed by atoms with Gasteiger partial charge in [-0.1, -0.05) is 6.92 Å². The van der Waals surface area contributed by atoms with Gasteiger partial charge in [-0.25, -0.2) is 0 Å². The van der Waals surface area contributed by atoms with Crippen LogP contribution in [0.25, 0.3) is 0 Å². The van der Waals surface area contributed by atoms with Gasteiger partial charge >= 0.3 is 0 Å². The molecule has 0 saturated carbocycles. The highest BCUT2D eigenvalue weighted by molar-refractivity contribution is 9.10. The highest BCUT2D eigenvalue weighted by atomic mass is 79.9. The monoisotopic (exact) mass is 283 g/mol. The van der Waals surface area contributed by atoms with Crippen molar-refractivity contribution in [2.75, 3.05) is 13.1 Å². The molecular weight excluding hydrogens is 270 g/mol. The SMILES string of the molecule is CC1CN(C(=O)c2cncc(Br)c2)CC1N. The number of rotatable bonds is 1. The lowest BCUT2D eigenvalue weighted by atomic mass is 10.1. The first-order valence-electron chi connectivity index (χ1n) is 5.23. The molecule has 1 aromatic heterocycles. The molecule has 0 bridgehead atoms. The molecule has 2 unspecified atom stereocenters. The molecule has 1 aliphatic heterocycles. The van der Waals surface area contributed by atoms with Crippen molar-refractivity contribution in [2.24, 2.45) is 11.7 Å². The van der Waals surface area contributed by atoms with E-state index in [0.29, 0.717) is 18.0 Å². The van der Waals surface area contributed by atoms with Crippen LogP contribution in [0.4, 0.5) is 0 Å². The van der Waals surface area contributed by atoms with E-state index in [0.717, 1.165) is 11.0 Å². The van der Waals surface area contributed by atoms with E-state index in [9.17, 15) is 4.79 Å². The van der Waals surface area contributed by atoms with E-state index >= 15 is 0 Å². The molecular formula is C11H14BrN3O. The van der Waals surface area contributed by atoms with Crippen LogP contribution in [0.15, 0.2) is 22.9 Å². The van der Waals surface area contributed by atoms with Crippen molar-refractivity contribution in [1.29, 1.82) is 0 Å². The Hall–Kier alpha value is -0.940. The summed E-state index contributed by atoms with van der Waals surface area (Å²) in [7, 11) is 0. The summed E-state index contributed by atoms with van der Waals surface area (Å²) in [5, 5.41) is 0. The third-order valence-electron chi connectivity index (χ3n) is 2.91. The topological polar surface area (TPSA) is 59.2 Å². The predicted octanol–water partition coefficient (Wildman–Crippen LogP) is 1.26. The highest BCUT2D eigenvalue weighted by Crippen LogP contribution is 2.18. The lowest BCUT2D eigenvalue weighted by Gasteiger charge is -2.15. The molecule has 0 radical (unpaired) electrons. The predicted molar refractivity (Wildman–Crippen MR) is 65.0 cm³/mol. The van der Waals surface area contributed by atoms with Gasteiger partial charge < -0.3 is 10.6 Å². The first-order valence-corrected chi connectivity index (χ1v) is 6.02. The van der Waals surface area contributed by atoms with E-state index in [1.54, 1.807) is 23.4 Å². The van der Waals surface area contributed by atoms with Gasteiger partial charge in [-0.15, -0.1) is 0 Å². The average Bonchev–Trinajstić information content (AvgIpc) is 2.58. The van der Waals surface area contributed by atoms with Gasteiger partial charge in [0.15, 0.2) is 0 Å². The lowest BCUT2D eigenvalue weighted by Crippen LogP contribution is -2.32. The Labute approximate surface area is 103 Å². The molecule has 1 fully saturated rings. The molecule has 2 atom stereocenters. The van der Waals surface area contributed by atoms with Gasteiger partial charge in [-0.3, -0.25) is 9.78 Å². The molecule has 2 N–H and O–H groups in total. The normalized spacial score (nSPS) is 24.8. The van der Waals surface area contributed by atoms with Crippen molar-refractivity contribution in [2.45, 2.75) is 13.0 Å². The Morgan fingerprint density at radius 3 is 2.88 bits per heavy atom. The Morgan fingerprint density at radius 1 is 1.56 bits per heavy atom. The van der Waals surface area contributed by atoms with Crippen LogP contribution in [0.1, 0.15) is 17.3 Å². The molecule has 0 spiro atoms. The van der Waals surface area contributed by atoms with E-state index in [1.165, 1.54) is 0 Å². The molecule has 1 aliphatic rings. The molecule has 0 aromatic carbocycles. The van der Waals surface area contributed by atoms with Crippen molar-refractivity contribution in [3.63, 3.8) is 0 Å². The maximum absolute atomic E-state index is 12.1. The molecule has 1 aromatic rings. The van der Waals surface area contributed by atoms with E-state index in [-0.39, 0.29) is 11.9 Å². The number of nitrogens with zero attached hydrogens (tertiary/aromatic N) is 2. The fourth-order valence-corrected chi connectivity index (χ4v) is 2.23. The Morgan fingerprint density at radius 2 is 2.31 bits per heavy atom. The molecule has 4 nitrogen and oxygen atoms in total. The van der Waals surface area contributed by atoms with Gasteiger partial charge in [0.25, 0.3) is 5.91 Å². The van der Waals surface area contributed by atoms with Crippen molar-refractivity contribution < 1.29 is 4.79 Å². The molecule has 86 valence electrons. The van der Waals surface area contributed by atoms with Crippen LogP contribution in [0.3, 0.4) is 0 Å². The molecule has 1 amide bonds. The van der Waals surface area contributed by atoms with Crippen molar-refractivity contribution >= 4 is 21.8 Å². The molecule has 1 saturated heterocycles. The zero-order valence-corrected chi connectivity index (χ0v) is 10.6. The maximum atomic E-state index is 12.1. The number of carbonyl (C=O) groups excluding carboxylic acids is 1. The number of amides is 1. The summed E-state index contributed by atoms with van der Waals surface area (Å²) in [6.45, 7) is 3.43. The number of hydrogen-bond donors (Lipinski definition) is 1. The fourth-order valence-electron chi connectivity index (χ4n) is 1.87. The highest BCUT2D eigenvalue weighted by Gasteiger charge is 2.30. The number of hydrogen-bond acceptors (Lipinski definition) is 3. The second kappa shape index (κ2) is 4.51. The molecule has 16 heavy (non-hydrogen) atoms. The Kier molecular flexibility index (Phi) is 3.25. The third-order valence-corrected chi connectivity index (χ3v) is 3.34. The van der Waals surface area contributed by atoms with Crippen LogP contribution in [-0.2, 0) is 0 Å². The summed E-state index contributed by atoms with van der Waals surface area (Å²) in [4.78, 5) is 17.9. The second-order valence-corrected chi connectivity index (χ2v) is 5.16. The van der Waals surface area contributed by atoms with Crippen LogP contribution in [0, 0.1) is 5.92 Å². The van der Waals surface area contributed by atoms with E-state index in [1.807, 2.05) is 0 Å². The van der Waals surface area contributed by atoms with Crippen molar-refractivity contribution in [1.82, 2.24) is 9.88 Å². The van der Waals surface area contributed by atoms with Crippen molar-refractivity contribution in [3.05, 3.63) is 28.5 Å². The first kappa shape index (κ1) is 11.5. The Bertz CT molecular complexity index is 400. The zero-order valence-electron chi connectivity index (χ0n) is 9.06. The van der Waals surface area contributed by atoms with Crippen LogP contribution < -0.4 is 5.73 Å². The Balaban J connectivity index is 2.14. The summed E-state index contributed by atoms with van der Waals surface area (Å²) >= 11 is 3.30. The largest absolute Gasteiger partial charge is 0.337 e. The second-order valence-electron chi connectivity index (χ2n) is 4.24. The molecule has 2 heterocycles. The van der Waals surface area contributed by atoms with Gasteiger partial charge in [0.1, 0.15) is 0 Å². The smallest absolute Gasteiger partial charge is 0.255 e. The number of pyridine rings is 1. The summed E-state index contributed by atoms with van der Waals surface area (Å²) in [5.41, 5.74) is 6.50. The van der Waals surface area contributed by atoms with E-state index in [4.69, 9.17) is 5.73 Å². The number of aromatic nitrogens is 1. The van der Waals surface area contributed by atoms with Gasteiger partial charge in [0, 0.05) is 36.0 Å². The molecule has 0 aliphatic carbocycles. The zero-order chi connectivity index (χ0) is 11.7. The van der Waals surface area contributed by atoms with Gasteiger partial charge in [-0.2, -0.15) is 0 Å². The van der Waals surface area contributed by atoms with E-state index < -0.39 is 0 Å². The average molecular weight is 284 g/mol. The quantitative estimate of drug-likeness (QED) is 0.844. The van der Waals surface area contributed by atoms with E-state index in [2.05, 4.69) is 27.8 Å². The summed E-state index contributed by atoms with van der Waals surface area (Å²) in [6, 6.07) is 1.87. The number of likely N-dealkylation sites (tertiary alicyclic amines) is 1. The minimum absolute atomic E-state index is 0.00796. The van der Waals surface area contributed by atoms with Gasteiger partial charge in [0.2, 0.25) is 0 Å². The fraction of sp³-hybridized carbons (Fsp3) is 0.455. The van der Waals surface area contributed by atoms with Crippen LogP contribution in [-0.4, -0.2) is 34.9 Å². The lowest BCUT2D eigenvalue weighted by molar-refractivity contribution is 0.0786. The van der Waals surface area contributed by atoms with Crippen LogP contribution in [0.2, 0.25) is 0 Å².